The van der Waals surface area contributed by atoms with Gasteiger partial charge in [0.25, 0.3) is 5.91 Å². The van der Waals surface area contributed by atoms with Crippen LogP contribution in [0, 0.1) is 0 Å². The van der Waals surface area contributed by atoms with Crippen molar-refractivity contribution in [2.24, 2.45) is 0 Å². The number of fused-ring (bicyclic) bond motifs is 1. The molecule has 0 unspecified atom stereocenters. The van der Waals surface area contributed by atoms with Gasteiger partial charge in [-0.1, -0.05) is 18.2 Å². The number of para-hydroxylation sites is 1. The summed E-state index contributed by atoms with van der Waals surface area (Å²) in [6.07, 6.45) is 1.62. The first kappa shape index (κ1) is 12.6. The molecule has 3 aromatic rings. The quantitative estimate of drug-likeness (QED) is 0.746. The number of benzene rings is 1. The molecule has 3 rings (SSSR count). The minimum Gasteiger partial charge on any atom is -0.448 e. The average molecular weight is 284 g/mol. The van der Waals surface area contributed by atoms with Gasteiger partial charge in [0.2, 0.25) is 0 Å². The Kier molecular flexibility index (Phi) is 3.35. The summed E-state index contributed by atoms with van der Waals surface area (Å²) in [4.78, 5) is 16.2. The molecule has 1 amide bonds. The third-order valence-electron chi connectivity index (χ3n) is 2.74. The van der Waals surface area contributed by atoms with Crippen LogP contribution in [-0.4, -0.2) is 17.4 Å². The van der Waals surface area contributed by atoms with Crippen LogP contribution in [0.2, 0.25) is 0 Å². The molecule has 0 atom stereocenters. The van der Waals surface area contributed by atoms with Crippen LogP contribution in [0.5, 0.6) is 0 Å². The molecule has 0 saturated heterocycles. The van der Waals surface area contributed by atoms with Gasteiger partial charge in [-0.05, 0) is 24.3 Å². The number of carbonyl (C=O) groups is 1. The van der Waals surface area contributed by atoms with Crippen molar-refractivity contribution < 1.29 is 9.21 Å². The molecule has 0 aliphatic carbocycles. The van der Waals surface area contributed by atoms with E-state index in [9.17, 15) is 4.79 Å². The van der Waals surface area contributed by atoms with E-state index in [1.54, 1.807) is 29.5 Å². The number of thiazole rings is 1. The molecular weight excluding hydrogens is 272 g/mol. The van der Waals surface area contributed by atoms with Gasteiger partial charge in [-0.3, -0.25) is 4.79 Å². The largest absolute Gasteiger partial charge is 0.448 e. The Hall–Kier alpha value is -2.40. The number of hydrogen-bond acceptors (Lipinski definition) is 4. The normalized spacial score (nSPS) is 10.6. The van der Waals surface area contributed by atoms with Crippen molar-refractivity contribution in [3.05, 3.63) is 54.8 Å². The lowest BCUT2D eigenvalue weighted by molar-refractivity contribution is 0.0931. The van der Waals surface area contributed by atoms with Gasteiger partial charge < -0.3 is 9.73 Å². The molecule has 0 aliphatic heterocycles. The topological polar surface area (TPSA) is 55.1 Å². The molecule has 100 valence electrons. The summed E-state index contributed by atoms with van der Waals surface area (Å²) < 4.78 is 6.65. The zero-order chi connectivity index (χ0) is 13.9. The Morgan fingerprint density at radius 1 is 1.35 bits per heavy atom. The smallest absolute Gasteiger partial charge is 0.287 e. The molecule has 0 bridgehead atoms. The van der Waals surface area contributed by atoms with Crippen LogP contribution < -0.4 is 5.32 Å². The first-order chi connectivity index (χ1) is 9.78. The van der Waals surface area contributed by atoms with Crippen molar-refractivity contribution in [2.45, 2.75) is 0 Å². The lowest BCUT2D eigenvalue weighted by Gasteiger charge is -1.97. The first-order valence-corrected chi connectivity index (χ1v) is 6.94. The van der Waals surface area contributed by atoms with Gasteiger partial charge in [0.1, 0.15) is 0 Å². The van der Waals surface area contributed by atoms with Crippen molar-refractivity contribution in [3.8, 4) is 10.8 Å². The highest BCUT2D eigenvalue weighted by atomic mass is 32.1. The van der Waals surface area contributed by atoms with Crippen molar-refractivity contribution >= 4 is 27.5 Å². The summed E-state index contributed by atoms with van der Waals surface area (Å²) in [5, 5.41) is 3.44. The zero-order valence-electron chi connectivity index (χ0n) is 10.6. The van der Waals surface area contributed by atoms with Gasteiger partial charge >= 0.3 is 0 Å². The maximum Gasteiger partial charge on any atom is 0.287 e. The second kappa shape index (κ2) is 5.30. The maximum atomic E-state index is 11.8. The first-order valence-electron chi connectivity index (χ1n) is 6.13. The van der Waals surface area contributed by atoms with Crippen LogP contribution in [0.25, 0.3) is 21.0 Å². The molecule has 0 saturated carbocycles. The number of carbonyl (C=O) groups excluding carboxylic acids is 1. The number of nitrogens with one attached hydrogen (secondary N) is 1. The minimum absolute atomic E-state index is 0.253. The van der Waals surface area contributed by atoms with Crippen LogP contribution in [0.15, 0.2) is 53.5 Å². The fourth-order valence-electron chi connectivity index (χ4n) is 1.80. The molecule has 0 fully saturated rings. The second-order valence-electron chi connectivity index (χ2n) is 4.15. The molecule has 1 aromatic carbocycles. The summed E-state index contributed by atoms with van der Waals surface area (Å²) in [7, 11) is 0. The van der Waals surface area contributed by atoms with Crippen molar-refractivity contribution in [1.29, 1.82) is 0 Å². The zero-order valence-corrected chi connectivity index (χ0v) is 11.4. The molecule has 20 heavy (non-hydrogen) atoms. The Morgan fingerprint density at radius 3 is 3.00 bits per heavy atom. The highest BCUT2D eigenvalue weighted by Crippen LogP contribution is 2.30. The highest BCUT2D eigenvalue weighted by Gasteiger charge is 2.14. The van der Waals surface area contributed by atoms with E-state index in [0.717, 1.165) is 15.2 Å². The van der Waals surface area contributed by atoms with Crippen molar-refractivity contribution in [3.63, 3.8) is 0 Å². The SMILES string of the molecule is C=CCNC(=O)c1ccc(-c2nc3ccccc3s2)o1. The predicted molar refractivity (Wildman–Crippen MR) is 79.9 cm³/mol. The van der Waals surface area contributed by atoms with E-state index >= 15 is 0 Å². The molecule has 2 aromatic heterocycles. The Bertz CT molecular complexity index is 740. The second-order valence-corrected chi connectivity index (χ2v) is 5.18. The Morgan fingerprint density at radius 2 is 2.20 bits per heavy atom. The van der Waals surface area contributed by atoms with Gasteiger partial charge in [0, 0.05) is 6.54 Å². The monoisotopic (exact) mass is 284 g/mol. The van der Waals surface area contributed by atoms with Crippen LogP contribution in [0.3, 0.4) is 0 Å². The van der Waals surface area contributed by atoms with Crippen LogP contribution >= 0.6 is 11.3 Å². The molecule has 2 heterocycles. The van der Waals surface area contributed by atoms with Gasteiger partial charge in [0.05, 0.1) is 10.2 Å². The summed E-state index contributed by atoms with van der Waals surface area (Å²) >= 11 is 1.54. The third kappa shape index (κ3) is 2.35. The lowest BCUT2D eigenvalue weighted by Crippen LogP contribution is -2.22. The molecule has 1 N–H and O–H groups in total. The number of furan rings is 1. The van der Waals surface area contributed by atoms with Crippen molar-refractivity contribution in [2.75, 3.05) is 6.54 Å². The highest BCUT2D eigenvalue weighted by molar-refractivity contribution is 7.21. The van der Waals surface area contributed by atoms with Gasteiger partial charge in [-0.2, -0.15) is 0 Å². The van der Waals surface area contributed by atoms with Crippen LogP contribution in [-0.2, 0) is 0 Å². The molecule has 5 heteroatoms. The number of nitrogens with zero attached hydrogens (tertiary/aromatic N) is 1. The number of amides is 1. The van der Waals surface area contributed by atoms with E-state index in [1.807, 2.05) is 24.3 Å². The predicted octanol–water partition coefficient (Wildman–Crippen LogP) is 3.47. The Labute approximate surface area is 119 Å². The standard InChI is InChI=1S/C15H12N2O2S/c1-2-9-16-14(18)11-7-8-12(19-11)15-17-10-5-3-4-6-13(10)20-15/h2-8H,1,9H2,(H,16,18). The summed E-state index contributed by atoms with van der Waals surface area (Å²) in [5.41, 5.74) is 0.932. The number of aromatic nitrogens is 1. The molecule has 0 radical (unpaired) electrons. The van der Waals surface area contributed by atoms with Crippen LogP contribution in [0.1, 0.15) is 10.6 Å². The lowest BCUT2D eigenvalue weighted by atomic mass is 10.3. The minimum atomic E-state index is -0.253. The van der Waals surface area contributed by atoms with Gasteiger partial charge in [-0.15, -0.1) is 17.9 Å². The van der Waals surface area contributed by atoms with Crippen molar-refractivity contribution in [1.82, 2.24) is 10.3 Å². The summed E-state index contributed by atoms with van der Waals surface area (Å²) in [5.74, 6) is 0.633. The summed E-state index contributed by atoms with van der Waals surface area (Å²) in [6.45, 7) is 3.96. The fraction of sp³-hybridized carbons (Fsp3) is 0.0667. The molecular formula is C15H12N2O2S. The van der Waals surface area contributed by atoms with Gasteiger partial charge in [0.15, 0.2) is 16.5 Å². The third-order valence-corrected chi connectivity index (χ3v) is 3.79. The van der Waals surface area contributed by atoms with E-state index < -0.39 is 0 Å². The van der Waals surface area contributed by atoms with Gasteiger partial charge in [-0.25, -0.2) is 4.98 Å². The fourth-order valence-corrected chi connectivity index (χ4v) is 2.73. The van der Waals surface area contributed by atoms with E-state index in [1.165, 1.54) is 0 Å². The summed E-state index contributed by atoms with van der Waals surface area (Å²) in [6, 6.07) is 11.3. The maximum absolute atomic E-state index is 11.8. The molecule has 0 spiro atoms. The molecule has 4 nitrogen and oxygen atoms in total. The van der Waals surface area contributed by atoms with E-state index in [0.29, 0.717) is 12.3 Å². The van der Waals surface area contributed by atoms with E-state index in [-0.39, 0.29) is 11.7 Å². The van der Waals surface area contributed by atoms with Crippen LogP contribution in [0.4, 0.5) is 0 Å². The Balaban J connectivity index is 1.89. The van der Waals surface area contributed by atoms with E-state index in [2.05, 4.69) is 16.9 Å². The van der Waals surface area contributed by atoms with E-state index in [4.69, 9.17) is 4.42 Å². The number of rotatable bonds is 4. The average Bonchev–Trinajstić information content (AvgIpc) is 3.10. The molecule has 0 aliphatic rings. The number of hydrogen-bond donors (Lipinski definition) is 1.